The summed E-state index contributed by atoms with van der Waals surface area (Å²) in [4.78, 5) is 35.2. The van der Waals surface area contributed by atoms with Crippen LogP contribution in [0.1, 0.15) is 40.3 Å². The molecule has 8 heteroatoms. The number of nitrogens with zero attached hydrogens (tertiary/aromatic N) is 4. The number of rotatable bonds is 3. The van der Waals surface area contributed by atoms with Gasteiger partial charge in [-0.3, -0.25) is 9.59 Å². The molecule has 0 spiro atoms. The van der Waals surface area contributed by atoms with E-state index in [1.165, 1.54) is 0 Å². The molecule has 3 aromatic rings. The maximum Gasteiger partial charge on any atom is 0.267 e. The fourth-order valence-corrected chi connectivity index (χ4v) is 5.26. The van der Waals surface area contributed by atoms with Gasteiger partial charge in [0.15, 0.2) is 0 Å². The molecular weight excluding hydrogens is 386 g/mol. The molecule has 29 heavy (non-hydrogen) atoms. The lowest BCUT2D eigenvalue weighted by Crippen LogP contribution is -2.41. The number of H-pyrrole nitrogens is 1. The van der Waals surface area contributed by atoms with Crippen molar-refractivity contribution in [3.63, 3.8) is 0 Å². The zero-order chi connectivity index (χ0) is 20.0. The predicted molar refractivity (Wildman–Crippen MR) is 113 cm³/mol. The Hall–Kier alpha value is -2.61. The Labute approximate surface area is 172 Å². The molecule has 0 saturated carbocycles. The van der Waals surface area contributed by atoms with Gasteiger partial charge in [0, 0.05) is 30.3 Å². The van der Waals surface area contributed by atoms with Crippen LogP contribution in [0, 0.1) is 6.92 Å². The first-order valence-corrected chi connectivity index (χ1v) is 11.2. The van der Waals surface area contributed by atoms with Gasteiger partial charge in [-0.15, -0.1) is 0 Å². The van der Waals surface area contributed by atoms with Gasteiger partial charge in [-0.1, -0.05) is 0 Å². The second-order valence-corrected chi connectivity index (χ2v) is 8.89. The second kappa shape index (κ2) is 7.33. The summed E-state index contributed by atoms with van der Waals surface area (Å²) in [6, 6.07) is 7.30. The molecule has 2 aliphatic heterocycles. The van der Waals surface area contributed by atoms with Gasteiger partial charge in [0.1, 0.15) is 5.82 Å². The van der Waals surface area contributed by atoms with E-state index < -0.39 is 0 Å². The van der Waals surface area contributed by atoms with Crippen molar-refractivity contribution in [1.29, 1.82) is 0 Å². The lowest BCUT2D eigenvalue weighted by atomic mass is 10.1. The number of aromatic nitrogens is 4. The van der Waals surface area contributed by atoms with Crippen LogP contribution < -0.4 is 5.56 Å². The van der Waals surface area contributed by atoms with Crippen molar-refractivity contribution in [1.82, 2.24) is 24.6 Å². The van der Waals surface area contributed by atoms with Crippen molar-refractivity contribution in [2.75, 3.05) is 12.3 Å². The minimum Gasteiger partial charge on any atom is -0.342 e. The third kappa shape index (κ3) is 3.46. The molecule has 2 aliphatic rings. The van der Waals surface area contributed by atoms with E-state index in [0.717, 1.165) is 58.9 Å². The van der Waals surface area contributed by atoms with Crippen molar-refractivity contribution in [3.05, 3.63) is 57.3 Å². The van der Waals surface area contributed by atoms with Gasteiger partial charge in [-0.05, 0) is 49.3 Å². The van der Waals surface area contributed by atoms with Crippen LogP contribution in [0.15, 0.2) is 29.1 Å². The molecule has 1 atom stereocenters. The normalized spacial score (nSPS) is 18.9. The first-order chi connectivity index (χ1) is 14.1. The van der Waals surface area contributed by atoms with Gasteiger partial charge in [0.05, 0.1) is 29.3 Å². The third-order valence-corrected chi connectivity index (χ3v) is 6.78. The lowest BCUT2D eigenvalue weighted by molar-refractivity contribution is 0.0720. The number of aryl methyl sites for hydroxylation is 2. The zero-order valence-corrected chi connectivity index (χ0v) is 17.2. The van der Waals surface area contributed by atoms with Crippen molar-refractivity contribution < 1.29 is 4.79 Å². The molecule has 1 saturated heterocycles. The molecule has 0 aliphatic carbocycles. The number of benzene rings is 1. The second-order valence-electron chi connectivity index (χ2n) is 7.79. The Morgan fingerprint density at radius 2 is 2.24 bits per heavy atom. The first kappa shape index (κ1) is 18.4. The standard InChI is InChI=1S/C21H23N5O2S/c1-13-22-18-5-4-14(9-19(18)23-13)21(28)25-7-2-3-16(25)11-26-20(27)10-15-12-29-8-6-17(15)24-26/h4-5,9-10,16H,2-3,6-8,11-12H2,1H3,(H,22,23). The van der Waals surface area contributed by atoms with Crippen LogP contribution in [0.25, 0.3) is 11.0 Å². The number of hydrogen-bond acceptors (Lipinski definition) is 5. The summed E-state index contributed by atoms with van der Waals surface area (Å²) in [5, 5.41) is 4.63. The number of aromatic amines is 1. The Morgan fingerprint density at radius 3 is 3.14 bits per heavy atom. The minimum atomic E-state index is -0.0695. The van der Waals surface area contributed by atoms with E-state index in [4.69, 9.17) is 0 Å². The van der Waals surface area contributed by atoms with Gasteiger partial charge in [-0.25, -0.2) is 9.67 Å². The van der Waals surface area contributed by atoms with Crippen LogP contribution in [0.2, 0.25) is 0 Å². The molecule has 1 fully saturated rings. The summed E-state index contributed by atoms with van der Waals surface area (Å²) in [6.07, 6.45) is 2.73. The molecule has 0 bridgehead atoms. The van der Waals surface area contributed by atoms with Gasteiger partial charge in [-0.2, -0.15) is 16.9 Å². The minimum absolute atomic E-state index is 0.00376. The number of likely N-dealkylation sites (tertiary alicyclic amines) is 1. The number of carbonyl (C=O) groups is 1. The summed E-state index contributed by atoms with van der Waals surface area (Å²) < 4.78 is 1.56. The van der Waals surface area contributed by atoms with Gasteiger partial charge < -0.3 is 9.88 Å². The van der Waals surface area contributed by atoms with E-state index in [2.05, 4.69) is 15.1 Å². The van der Waals surface area contributed by atoms with Crippen LogP contribution in [0.4, 0.5) is 0 Å². The van der Waals surface area contributed by atoms with Crippen LogP contribution in [0.5, 0.6) is 0 Å². The van der Waals surface area contributed by atoms with E-state index in [1.807, 2.05) is 41.8 Å². The van der Waals surface area contributed by atoms with Crippen LogP contribution >= 0.6 is 11.8 Å². The Morgan fingerprint density at radius 1 is 1.34 bits per heavy atom. The molecule has 7 nitrogen and oxygen atoms in total. The molecule has 1 amide bonds. The van der Waals surface area contributed by atoms with Crippen molar-refractivity contribution in [2.24, 2.45) is 0 Å². The molecule has 4 heterocycles. The molecule has 1 N–H and O–H groups in total. The molecule has 5 rings (SSSR count). The lowest BCUT2D eigenvalue weighted by Gasteiger charge is -2.25. The van der Waals surface area contributed by atoms with Gasteiger partial charge in [0.2, 0.25) is 0 Å². The predicted octanol–water partition coefficient (Wildman–Crippen LogP) is 2.52. The highest BCUT2D eigenvalue weighted by Gasteiger charge is 2.30. The number of fused-ring (bicyclic) bond motifs is 2. The number of amides is 1. The quantitative estimate of drug-likeness (QED) is 0.719. The highest BCUT2D eigenvalue weighted by molar-refractivity contribution is 7.98. The SMILES string of the molecule is Cc1nc2ccc(C(=O)N3CCCC3Cn3nc4c(cc3=O)CSCC4)cc2[nH]1. The largest absolute Gasteiger partial charge is 0.342 e. The highest BCUT2D eigenvalue weighted by atomic mass is 32.2. The van der Waals surface area contributed by atoms with Gasteiger partial charge >= 0.3 is 0 Å². The zero-order valence-electron chi connectivity index (χ0n) is 16.4. The number of thioether (sulfide) groups is 1. The topological polar surface area (TPSA) is 83.9 Å². The van der Waals surface area contributed by atoms with E-state index in [-0.39, 0.29) is 17.5 Å². The van der Waals surface area contributed by atoms with Crippen LogP contribution in [-0.2, 0) is 18.7 Å². The van der Waals surface area contributed by atoms with E-state index in [9.17, 15) is 9.59 Å². The number of nitrogens with one attached hydrogen (secondary N) is 1. The Bertz CT molecular complexity index is 1150. The van der Waals surface area contributed by atoms with Crippen LogP contribution in [0.3, 0.4) is 0 Å². The van der Waals surface area contributed by atoms with Crippen molar-refractivity contribution in [2.45, 2.75) is 44.5 Å². The summed E-state index contributed by atoms with van der Waals surface area (Å²) >= 11 is 1.84. The molecule has 2 aromatic heterocycles. The van der Waals surface area contributed by atoms with E-state index in [1.54, 1.807) is 10.7 Å². The fourth-order valence-electron chi connectivity index (χ4n) is 4.31. The molecule has 1 aromatic carbocycles. The Balaban J connectivity index is 1.39. The summed E-state index contributed by atoms with van der Waals surface area (Å²) in [5.74, 6) is 2.74. The number of carbonyl (C=O) groups excluding carboxylic acids is 1. The maximum absolute atomic E-state index is 13.2. The summed E-state index contributed by atoms with van der Waals surface area (Å²) in [5.41, 5.74) is 4.40. The van der Waals surface area contributed by atoms with Crippen molar-refractivity contribution >= 4 is 28.7 Å². The van der Waals surface area contributed by atoms with Crippen LogP contribution in [-0.4, -0.2) is 48.9 Å². The highest BCUT2D eigenvalue weighted by Crippen LogP contribution is 2.24. The average molecular weight is 410 g/mol. The van der Waals surface area contributed by atoms with E-state index in [0.29, 0.717) is 18.7 Å². The average Bonchev–Trinajstić information content (AvgIpc) is 3.32. The molecule has 1 unspecified atom stereocenters. The Kier molecular flexibility index (Phi) is 4.66. The number of imidazole rings is 1. The van der Waals surface area contributed by atoms with E-state index >= 15 is 0 Å². The smallest absolute Gasteiger partial charge is 0.267 e. The summed E-state index contributed by atoms with van der Waals surface area (Å²) in [6.45, 7) is 3.07. The third-order valence-electron chi connectivity index (χ3n) is 5.77. The monoisotopic (exact) mass is 409 g/mol. The maximum atomic E-state index is 13.2. The van der Waals surface area contributed by atoms with Gasteiger partial charge in [0.25, 0.3) is 11.5 Å². The molecule has 0 radical (unpaired) electrons. The first-order valence-electron chi connectivity index (χ1n) is 10.0. The molecular formula is C21H23N5O2S. The fraction of sp³-hybridized carbons (Fsp3) is 0.429. The van der Waals surface area contributed by atoms with Crippen molar-refractivity contribution in [3.8, 4) is 0 Å². The molecule has 150 valence electrons. The summed E-state index contributed by atoms with van der Waals surface area (Å²) in [7, 11) is 0. The number of hydrogen-bond donors (Lipinski definition) is 1.